The monoisotopic (exact) mass is 140 g/mol. The molecule has 2 N–H and O–H groups in total. The van der Waals surface area contributed by atoms with Gasteiger partial charge in [-0.05, 0) is 12.4 Å². The van der Waals surface area contributed by atoms with E-state index in [-0.39, 0.29) is 2.85 Å². The zero-order valence-electron chi connectivity index (χ0n) is 5.78. The van der Waals surface area contributed by atoms with Gasteiger partial charge in [0.05, 0.1) is 0 Å². The normalized spacial score (nSPS) is 9.50. The van der Waals surface area contributed by atoms with Crippen molar-refractivity contribution < 1.29 is 12.9 Å². The highest BCUT2D eigenvalue weighted by Crippen LogP contribution is 1.92. The van der Waals surface area contributed by atoms with Crippen molar-refractivity contribution in [1.82, 2.24) is 0 Å². The maximum atomic E-state index is 8.70. The molecule has 10 heavy (non-hydrogen) atoms. The third kappa shape index (κ3) is 1.59. The average Bonchev–Trinajstić information content (AvgIpc) is 1.88. The summed E-state index contributed by atoms with van der Waals surface area (Å²) < 4.78 is 0. The van der Waals surface area contributed by atoms with Crippen LogP contribution in [-0.4, -0.2) is 17.2 Å². The molecule has 0 saturated heterocycles. The molecule has 0 amide bonds. The fourth-order valence-corrected chi connectivity index (χ4v) is 0.831. The third-order valence-electron chi connectivity index (χ3n) is 1.34. The predicted octanol–water partition coefficient (Wildman–Crippen LogP) is 0.167. The number of hydrogen-bond donors (Lipinski definition) is 2. The second kappa shape index (κ2) is 2.86. The molecule has 0 heterocycles. The van der Waals surface area contributed by atoms with Gasteiger partial charge in [-0.15, -0.1) is 0 Å². The zero-order chi connectivity index (χ0) is 7.56. The van der Waals surface area contributed by atoms with E-state index in [1.165, 1.54) is 0 Å². The van der Waals surface area contributed by atoms with Crippen molar-refractivity contribution in [2.24, 2.45) is 0 Å². The van der Waals surface area contributed by atoms with E-state index in [1.54, 1.807) is 18.2 Å². The molecule has 0 radical (unpaired) electrons. The van der Waals surface area contributed by atoms with Crippen molar-refractivity contribution in [3.63, 3.8) is 0 Å². The van der Waals surface area contributed by atoms with E-state index in [4.69, 9.17) is 10.0 Å². The summed E-state index contributed by atoms with van der Waals surface area (Å²) in [5.74, 6) is 0. The van der Waals surface area contributed by atoms with Gasteiger partial charge in [-0.3, -0.25) is 0 Å². The van der Waals surface area contributed by atoms with Gasteiger partial charge in [0.15, 0.2) is 0 Å². The molecule has 0 aliphatic heterocycles. The van der Waals surface area contributed by atoms with E-state index in [2.05, 4.69) is 0 Å². The van der Waals surface area contributed by atoms with Crippen molar-refractivity contribution >= 4 is 12.6 Å². The number of aryl methyl sites for hydroxylation is 1. The van der Waals surface area contributed by atoms with E-state index in [1.807, 2.05) is 13.0 Å². The van der Waals surface area contributed by atoms with Crippen molar-refractivity contribution in [1.29, 1.82) is 0 Å². The molecule has 0 saturated carbocycles. The first kappa shape index (κ1) is 7.31. The molecule has 56 valence electrons. The molecule has 1 rings (SSSR count). The number of hydrogen-bond acceptors (Lipinski definition) is 2. The van der Waals surface area contributed by atoms with Gasteiger partial charge in [-0.25, -0.2) is 0 Å². The van der Waals surface area contributed by atoms with Crippen LogP contribution >= 0.6 is 0 Å². The molecule has 0 unspecified atom stereocenters. The summed E-state index contributed by atoms with van der Waals surface area (Å²) in [5, 5.41) is 17.4. The molecule has 0 spiro atoms. The zero-order valence-corrected chi connectivity index (χ0v) is 5.78. The van der Waals surface area contributed by atoms with Gasteiger partial charge >= 0.3 is 7.12 Å². The van der Waals surface area contributed by atoms with Crippen LogP contribution < -0.4 is 5.46 Å². The summed E-state index contributed by atoms with van der Waals surface area (Å²) in [4.78, 5) is 0. The highest BCUT2D eigenvalue weighted by Gasteiger charge is 2.08. The minimum absolute atomic E-state index is 0. The first-order chi connectivity index (χ1) is 4.70. The van der Waals surface area contributed by atoms with E-state index in [0.717, 1.165) is 5.56 Å². The molecule has 3 heteroatoms. The number of benzene rings is 1. The van der Waals surface area contributed by atoms with Crippen molar-refractivity contribution in [2.45, 2.75) is 6.92 Å². The molecule has 0 atom stereocenters. The SMILES string of the molecule is Cc1cccc(B(O)O)c1.[HH].[HH]. The van der Waals surface area contributed by atoms with E-state index in [9.17, 15) is 0 Å². The Hall–Kier alpha value is -0.795. The Morgan fingerprint density at radius 1 is 1.40 bits per heavy atom. The molecular formula is C7H13BO2. The molecular weight excluding hydrogens is 127 g/mol. The van der Waals surface area contributed by atoms with Crippen LogP contribution in [0.15, 0.2) is 24.3 Å². The van der Waals surface area contributed by atoms with Crippen LogP contribution in [0.4, 0.5) is 0 Å². The van der Waals surface area contributed by atoms with Gasteiger partial charge in [0.2, 0.25) is 0 Å². The topological polar surface area (TPSA) is 40.5 Å². The van der Waals surface area contributed by atoms with Gasteiger partial charge < -0.3 is 10.0 Å². The average molecular weight is 140 g/mol. The van der Waals surface area contributed by atoms with Crippen LogP contribution in [0.3, 0.4) is 0 Å². The Balaban J connectivity index is 0. The molecule has 0 aromatic heterocycles. The Kier molecular flexibility index (Phi) is 2.09. The predicted molar refractivity (Wildman–Crippen MR) is 45.2 cm³/mol. The van der Waals surface area contributed by atoms with Crippen molar-refractivity contribution in [2.75, 3.05) is 0 Å². The summed E-state index contributed by atoms with van der Waals surface area (Å²) in [6.07, 6.45) is 0. The van der Waals surface area contributed by atoms with E-state index < -0.39 is 7.12 Å². The standard InChI is InChI=1S/C7H9BO2.2H2/c1-6-3-2-4-7(5-6)8(9)10;;/h2-5,9-10H,1H3;2*1H. The van der Waals surface area contributed by atoms with Gasteiger partial charge in [-0.2, -0.15) is 0 Å². The second-order valence-corrected chi connectivity index (χ2v) is 2.29. The first-order valence-corrected chi connectivity index (χ1v) is 3.13. The van der Waals surface area contributed by atoms with Gasteiger partial charge in [0, 0.05) is 2.85 Å². The summed E-state index contributed by atoms with van der Waals surface area (Å²) >= 11 is 0. The lowest BCUT2D eigenvalue weighted by Crippen LogP contribution is -2.29. The summed E-state index contributed by atoms with van der Waals surface area (Å²) in [6, 6.07) is 7.12. The highest BCUT2D eigenvalue weighted by molar-refractivity contribution is 6.58. The Bertz CT molecular complexity index is 230. The van der Waals surface area contributed by atoms with Crippen molar-refractivity contribution in [3.8, 4) is 0 Å². The minimum Gasteiger partial charge on any atom is -0.423 e. The molecule has 0 aliphatic carbocycles. The van der Waals surface area contributed by atoms with Crippen LogP contribution in [0.5, 0.6) is 0 Å². The number of rotatable bonds is 1. The van der Waals surface area contributed by atoms with Crippen LogP contribution in [0.25, 0.3) is 0 Å². The van der Waals surface area contributed by atoms with Gasteiger partial charge in [0.25, 0.3) is 0 Å². The molecule has 0 aliphatic rings. The maximum absolute atomic E-state index is 8.70. The largest absolute Gasteiger partial charge is 0.488 e. The Morgan fingerprint density at radius 2 is 2.10 bits per heavy atom. The molecule has 1 aromatic carbocycles. The highest BCUT2D eigenvalue weighted by atomic mass is 16.4. The lowest BCUT2D eigenvalue weighted by molar-refractivity contribution is 0.426. The summed E-state index contributed by atoms with van der Waals surface area (Å²) in [5.41, 5.74) is 1.57. The fraction of sp³-hybridized carbons (Fsp3) is 0.143. The maximum Gasteiger partial charge on any atom is 0.488 e. The first-order valence-electron chi connectivity index (χ1n) is 3.13. The molecule has 0 bridgehead atoms. The Morgan fingerprint density at radius 3 is 2.50 bits per heavy atom. The van der Waals surface area contributed by atoms with Crippen molar-refractivity contribution in [3.05, 3.63) is 29.8 Å². The Labute approximate surface area is 63.2 Å². The summed E-state index contributed by atoms with van der Waals surface area (Å²) in [6.45, 7) is 1.91. The third-order valence-corrected chi connectivity index (χ3v) is 1.34. The minimum atomic E-state index is -1.35. The summed E-state index contributed by atoms with van der Waals surface area (Å²) in [7, 11) is -1.35. The van der Waals surface area contributed by atoms with Crippen LogP contribution in [0, 0.1) is 6.92 Å². The van der Waals surface area contributed by atoms with Crippen LogP contribution in [-0.2, 0) is 0 Å². The fourth-order valence-electron chi connectivity index (χ4n) is 0.831. The second-order valence-electron chi connectivity index (χ2n) is 2.29. The molecule has 1 aromatic rings. The molecule has 0 fully saturated rings. The molecule has 2 nitrogen and oxygen atoms in total. The van der Waals surface area contributed by atoms with Gasteiger partial charge in [0.1, 0.15) is 0 Å². The van der Waals surface area contributed by atoms with Crippen LogP contribution in [0.2, 0.25) is 0 Å². The van der Waals surface area contributed by atoms with E-state index in [0.29, 0.717) is 5.46 Å². The quantitative estimate of drug-likeness (QED) is 0.545. The smallest absolute Gasteiger partial charge is 0.423 e. The van der Waals surface area contributed by atoms with Gasteiger partial charge in [-0.1, -0.05) is 29.8 Å². The lowest BCUT2D eigenvalue weighted by atomic mass is 9.80. The van der Waals surface area contributed by atoms with E-state index >= 15 is 0 Å². The lowest BCUT2D eigenvalue weighted by Gasteiger charge is -1.98. The van der Waals surface area contributed by atoms with Crippen LogP contribution in [0.1, 0.15) is 8.42 Å².